The molecule has 0 amide bonds. The molecule has 1 nitrogen and oxygen atoms in total. The van der Waals surface area contributed by atoms with Crippen LogP contribution in [-0.4, -0.2) is 4.98 Å². The van der Waals surface area contributed by atoms with Crippen LogP contribution in [0.15, 0.2) is 42.6 Å². The van der Waals surface area contributed by atoms with Crippen LogP contribution in [0.3, 0.4) is 0 Å². The first-order chi connectivity index (χ1) is 8.50. The molecule has 0 aliphatic heterocycles. The lowest BCUT2D eigenvalue weighted by atomic mass is 10.1. The summed E-state index contributed by atoms with van der Waals surface area (Å²) in [5.74, 6) is 0.361. The van der Waals surface area contributed by atoms with E-state index in [1.807, 2.05) is 0 Å². The van der Waals surface area contributed by atoms with E-state index in [2.05, 4.69) is 4.98 Å². The Bertz CT molecular complexity index is 521. The highest BCUT2D eigenvalue weighted by Crippen LogP contribution is 2.30. The van der Waals surface area contributed by atoms with E-state index in [9.17, 15) is 13.2 Å². The molecule has 1 aromatic heterocycles. The fourth-order valence-corrected chi connectivity index (χ4v) is 1.66. The molecule has 6 heteroatoms. The highest BCUT2D eigenvalue weighted by atomic mass is 35.5. The summed E-state index contributed by atoms with van der Waals surface area (Å²) in [4.78, 5) is 4.15. The Balaban J connectivity index is 0.00000180. The average Bonchev–Trinajstić information content (AvgIpc) is 2.38. The molecule has 0 bridgehead atoms. The van der Waals surface area contributed by atoms with Crippen molar-refractivity contribution in [3.63, 3.8) is 0 Å². The quantitative estimate of drug-likeness (QED) is 0.717. The molecule has 102 valence electrons. The van der Waals surface area contributed by atoms with Crippen molar-refractivity contribution in [2.45, 2.75) is 12.1 Å². The first kappa shape index (κ1) is 15.8. The Hall–Kier alpha value is -1.26. The van der Waals surface area contributed by atoms with E-state index in [0.717, 1.165) is 17.7 Å². The zero-order valence-electron chi connectivity index (χ0n) is 9.62. The van der Waals surface area contributed by atoms with Crippen LogP contribution in [0.25, 0.3) is 11.3 Å². The Kier molecular flexibility index (Phi) is 5.20. The molecule has 0 saturated heterocycles. The summed E-state index contributed by atoms with van der Waals surface area (Å²) in [5.41, 5.74) is 1.47. The fraction of sp³-hybridized carbons (Fsp3) is 0.154. The van der Waals surface area contributed by atoms with Gasteiger partial charge >= 0.3 is 6.18 Å². The third kappa shape index (κ3) is 3.85. The minimum Gasteiger partial charge on any atom is -0.256 e. The van der Waals surface area contributed by atoms with Gasteiger partial charge in [-0.05, 0) is 23.8 Å². The van der Waals surface area contributed by atoms with Crippen molar-refractivity contribution in [2.24, 2.45) is 0 Å². The van der Waals surface area contributed by atoms with Crippen LogP contribution < -0.4 is 0 Å². The van der Waals surface area contributed by atoms with E-state index < -0.39 is 11.7 Å². The predicted molar refractivity (Wildman–Crippen MR) is 71.5 cm³/mol. The van der Waals surface area contributed by atoms with Gasteiger partial charge < -0.3 is 0 Å². The number of pyridine rings is 1. The van der Waals surface area contributed by atoms with Crippen LogP contribution in [0.4, 0.5) is 13.2 Å². The Morgan fingerprint density at radius 1 is 1.00 bits per heavy atom. The molecular weight excluding hydrogens is 298 g/mol. The van der Waals surface area contributed by atoms with E-state index in [4.69, 9.17) is 11.6 Å². The van der Waals surface area contributed by atoms with Gasteiger partial charge in [-0.3, -0.25) is 4.98 Å². The molecule has 19 heavy (non-hydrogen) atoms. The van der Waals surface area contributed by atoms with Crippen LogP contribution in [-0.2, 0) is 12.1 Å². The largest absolute Gasteiger partial charge is 0.416 e. The minimum absolute atomic E-state index is 0. The van der Waals surface area contributed by atoms with Crippen molar-refractivity contribution < 1.29 is 13.2 Å². The second kappa shape index (κ2) is 6.26. The fourth-order valence-electron chi connectivity index (χ4n) is 1.50. The predicted octanol–water partition coefficient (Wildman–Crippen LogP) is 4.93. The van der Waals surface area contributed by atoms with Crippen molar-refractivity contribution in [3.05, 3.63) is 53.7 Å². The molecule has 0 saturated carbocycles. The summed E-state index contributed by atoms with van der Waals surface area (Å²) in [5, 5.41) is 0. The van der Waals surface area contributed by atoms with E-state index >= 15 is 0 Å². The molecule has 2 rings (SSSR count). The van der Waals surface area contributed by atoms with Gasteiger partial charge in [-0.1, -0.05) is 18.2 Å². The van der Waals surface area contributed by atoms with Gasteiger partial charge in [-0.25, -0.2) is 0 Å². The van der Waals surface area contributed by atoms with E-state index in [1.165, 1.54) is 12.1 Å². The zero-order chi connectivity index (χ0) is 13.2. The Labute approximate surface area is 119 Å². The minimum atomic E-state index is -4.31. The molecular formula is C13H10Cl2F3N. The molecule has 1 aromatic carbocycles. The van der Waals surface area contributed by atoms with Crippen LogP contribution in [0.2, 0.25) is 0 Å². The van der Waals surface area contributed by atoms with Gasteiger partial charge in [0.05, 0.1) is 11.3 Å². The van der Waals surface area contributed by atoms with Crippen LogP contribution in [0.1, 0.15) is 11.1 Å². The SMILES string of the molecule is Cl.FC(F)(F)c1ccc(-c2ccc(CCl)cn2)cc1. The van der Waals surface area contributed by atoms with E-state index in [1.54, 1.807) is 18.3 Å². The highest BCUT2D eigenvalue weighted by Gasteiger charge is 2.29. The van der Waals surface area contributed by atoms with Gasteiger partial charge in [-0.15, -0.1) is 24.0 Å². The summed E-state index contributed by atoms with van der Waals surface area (Å²) in [6, 6.07) is 8.45. The molecule has 1 heterocycles. The normalized spacial score (nSPS) is 10.9. The number of alkyl halides is 4. The maximum Gasteiger partial charge on any atom is 0.416 e. The van der Waals surface area contributed by atoms with Gasteiger partial charge in [-0.2, -0.15) is 13.2 Å². The van der Waals surface area contributed by atoms with E-state index in [-0.39, 0.29) is 12.4 Å². The van der Waals surface area contributed by atoms with Gasteiger partial charge in [0.2, 0.25) is 0 Å². The Morgan fingerprint density at radius 3 is 2.05 bits per heavy atom. The van der Waals surface area contributed by atoms with E-state index in [0.29, 0.717) is 17.1 Å². The number of hydrogen-bond donors (Lipinski definition) is 0. The molecule has 0 unspecified atom stereocenters. The first-order valence-corrected chi connectivity index (χ1v) is 5.72. The second-order valence-corrected chi connectivity index (χ2v) is 4.03. The standard InChI is InChI=1S/C13H9ClF3N.ClH/c14-7-9-1-6-12(18-8-9)10-2-4-11(5-3-10)13(15,16)17;/h1-6,8H,7H2;1H. The molecule has 0 radical (unpaired) electrons. The maximum absolute atomic E-state index is 12.4. The molecule has 0 spiro atoms. The summed E-state index contributed by atoms with van der Waals surface area (Å²) in [6.07, 6.45) is -2.70. The molecule has 0 aliphatic carbocycles. The Morgan fingerprint density at radius 2 is 1.63 bits per heavy atom. The summed E-state index contributed by atoms with van der Waals surface area (Å²) in [7, 11) is 0. The topological polar surface area (TPSA) is 12.9 Å². The van der Waals surface area contributed by atoms with Crippen molar-refractivity contribution in [3.8, 4) is 11.3 Å². The van der Waals surface area contributed by atoms with Crippen LogP contribution in [0.5, 0.6) is 0 Å². The van der Waals surface area contributed by atoms with Crippen LogP contribution >= 0.6 is 24.0 Å². The first-order valence-electron chi connectivity index (χ1n) is 5.19. The number of aromatic nitrogens is 1. The molecule has 0 fully saturated rings. The lowest BCUT2D eigenvalue weighted by molar-refractivity contribution is -0.137. The number of rotatable bonds is 2. The molecule has 0 N–H and O–H groups in total. The monoisotopic (exact) mass is 307 g/mol. The third-order valence-corrected chi connectivity index (χ3v) is 2.80. The molecule has 0 aliphatic rings. The maximum atomic E-state index is 12.4. The number of hydrogen-bond acceptors (Lipinski definition) is 1. The smallest absolute Gasteiger partial charge is 0.256 e. The average molecular weight is 308 g/mol. The third-order valence-electron chi connectivity index (χ3n) is 2.49. The zero-order valence-corrected chi connectivity index (χ0v) is 11.2. The highest BCUT2D eigenvalue weighted by molar-refractivity contribution is 6.17. The lowest BCUT2D eigenvalue weighted by Crippen LogP contribution is -2.04. The summed E-state index contributed by atoms with van der Waals surface area (Å²) in [6.45, 7) is 0. The van der Waals surface area contributed by atoms with Gasteiger partial charge in [0.15, 0.2) is 0 Å². The van der Waals surface area contributed by atoms with Crippen molar-refractivity contribution in [1.29, 1.82) is 0 Å². The molecule has 0 atom stereocenters. The van der Waals surface area contributed by atoms with Gasteiger partial charge in [0, 0.05) is 17.6 Å². The lowest BCUT2D eigenvalue weighted by Gasteiger charge is -2.07. The number of nitrogens with zero attached hydrogens (tertiary/aromatic N) is 1. The van der Waals surface area contributed by atoms with Gasteiger partial charge in [0.1, 0.15) is 0 Å². The second-order valence-electron chi connectivity index (χ2n) is 3.76. The van der Waals surface area contributed by atoms with Gasteiger partial charge in [0.25, 0.3) is 0 Å². The number of halogens is 5. The van der Waals surface area contributed by atoms with Crippen LogP contribution in [0, 0.1) is 0 Å². The summed E-state index contributed by atoms with van der Waals surface area (Å²) >= 11 is 5.63. The molecule has 2 aromatic rings. The number of benzene rings is 1. The van der Waals surface area contributed by atoms with Crippen molar-refractivity contribution >= 4 is 24.0 Å². The summed E-state index contributed by atoms with van der Waals surface area (Å²) < 4.78 is 37.2. The van der Waals surface area contributed by atoms with Crippen molar-refractivity contribution in [1.82, 2.24) is 4.98 Å². The van der Waals surface area contributed by atoms with Crippen molar-refractivity contribution in [2.75, 3.05) is 0 Å².